The molecule has 0 radical (unpaired) electrons. The molecule has 0 aliphatic carbocycles. The van der Waals surface area contributed by atoms with Crippen LogP contribution >= 0.6 is 0 Å². The number of rotatable bonds is 3. The van der Waals surface area contributed by atoms with Crippen LogP contribution in [-0.4, -0.2) is 64.6 Å². The zero-order valence-electron chi connectivity index (χ0n) is 10.1. The normalized spacial score (nSPS) is 28.0. The highest BCUT2D eigenvalue weighted by Gasteiger charge is 2.32. The van der Waals surface area contributed by atoms with E-state index < -0.39 is 0 Å². The minimum Gasteiger partial charge on any atom is -0.373 e. The largest absolute Gasteiger partial charge is 0.373 e. The van der Waals surface area contributed by atoms with Crippen LogP contribution in [0.2, 0.25) is 0 Å². The molecule has 0 bridgehead atoms. The molecule has 98 valence electrons. The average Bonchev–Trinajstić information content (AvgIpc) is 3.05. The summed E-state index contributed by atoms with van der Waals surface area (Å²) in [4.78, 5) is 14.1. The summed E-state index contributed by atoms with van der Waals surface area (Å²) in [5, 5.41) is 12.6. The van der Waals surface area contributed by atoms with Crippen LogP contribution in [0.5, 0.6) is 0 Å². The van der Waals surface area contributed by atoms with Crippen molar-refractivity contribution in [2.24, 2.45) is 0 Å². The van der Waals surface area contributed by atoms with Crippen LogP contribution in [0.1, 0.15) is 23.3 Å². The molecule has 0 spiro atoms. The molecule has 18 heavy (non-hydrogen) atoms. The lowest BCUT2D eigenvalue weighted by molar-refractivity contribution is -0.0462. The molecule has 2 saturated heterocycles. The van der Waals surface area contributed by atoms with Gasteiger partial charge in [-0.25, -0.2) is 0 Å². The van der Waals surface area contributed by atoms with Crippen LogP contribution in [0.15, 0.2) is 6.20 Å². The molecule has 0 aromatic carbocycles. The van der Waals surface area contributed by atoms with E-state index in [0.29, 0.717) is 18.3 Å². The predicted molar refractivity (Wildman–Crippen MR) is 63.1 cm³/mol. The molecule has 1 amide bonds. The Labute approximate surface area is 105 Å². The van der Waals surface area contributed by atoms with Crippen LogP contribution in [-0.2, 0) is 4.74 Å². The van der Waals surface area contributed by atoms with Crippen molar-refractivity contribution >= 4 is 5.91 Å². The topological polar surface area (TPSA) is 83.1 Å². The summed E-state index contributed by atoms with van der Waals surface area (Å²) in [6, 6.07) is 0.590. The molecule has 2 aliphatic heterocycles. The van der Waals surface area contributed by atoms with E-state index in [9.17, 15) is 4.79 Å². The van der Waals surface area contributed by atoms with Crippen LogP contribution in [0.25, 0.3) is 0 Å². The smallest absolute Gasteiger partial charge is 0.273 e. The summed E-state index contributed by atoms with van der Waals surface area (Å²) in [6.07, 6.45) is 3.98. The van der Waals surface area contributed by atoms with Crippen LogP contribution in [0.4, 0.5) is 0 Å². The number of hydrogen-bond acceptors (Lipinski definition) is 5. The number of aromatic nitrogens is 3. The summed E-state index contributed by atoms with van der Waals surface area (Å²) in [6.45, 7) is 3.37. The van der Waals surface area contributed by atoms with Gasteiger partial charge in [0, 0.05) is 19.1 Å². The van der Waals surface area contributed by atoms with Gasteiger partial charge in [0.1, 0.15) is 0 Å². The number of aromatic amines is 1. The third-order valence-electron chi connectivity index (χ3n) is 3.60. The van der Waals surface area contributed by atoms with Crippen LogP contribution < -0.4 is 5.32 Å². The van der Waals surface area contributed by atoms with Gasteiger partial charge in [0.05, 0.1) is 18.9 Å². The minimum absolute atomic E-state index is 0.0789. The van der Waals surface area contributed by atoms with Crippen molar-refractivity contribution < 1.29 is 9.53 Å². The van der Waals surface area contributed by atoms with Gasteiger partial charge in [0.15, 0.2) is 5.69 Å². The number of carbonyl (C=O) groups excluding carboxylic acids is 1. The van der Waals surface area contributed by atoms with Gasteiger partial charge in [0.25, 0.3) is 5.91 Å². The minimum atomic E-state index is -0.212. The molecule has 1 aromatic rings. The molecule has 3 heterocycles. The SMILES string of the molecule is O=C(NCC1CN2CCCC2CO1)c1cn[nH]n1. The molecule has 2 N–H and O–H groups in total. The Balaban J connectivity index is 1.47. The van der Waals surface area contributed by atoms with Crippen molar-refractivity contribution in [3.63, 3.8) is 0 Å². The van der Waals surface area contributed by atoms with E-state index in [0.717, 1.165) is 19.7 Å². The monoisotopic (exact) mass is 251 g/mol. The van der Waals surface area contributed by atoms with Gasteiger partial charge in [-0.15, -0.1) is 0 Å². The molecule has 2 atom stereocenters. The quantitative estimate of drug-likeness (QED) is 0.749. The van der Waals surface area contributed by atoms with Gasteiger partial charge in [0.2, 0.25) is 0 Å². The third-order valence-corrected chi connectivity index (χ3v) is 3.60. The van der Waals surface area contributed by atoms with Gasteiger partial charge >= 0.3 is 0 Å². The summed E-state index contributed by atoms with van der Waals surface area (Å²) in [7, 11) is 0. The Morgan fingerprint density at radius 1 is 1.67 bits per heavy atom. The fourth-order valence-electron chi connectivity index (χ4n) is 2.62. The lowest BCUT2D eigenvalue weighted by Gasteiger charge is -2.35. The molecule has 3 rings (SSSR count). The highest BCUT2D eigenvalue weighted by atomic mass is 16.5. The molecule has 7 heteroatoms. The average molecular weight is 251 g/mol. The van der Waals surface area contributed by atoms with E-state index in [-0.39, 0.29) is 12.0 Å². The van der Waals surface area contributed by atoms with E-state index in [1.54, 1.807) is 0 Å². The van der Waals surface area contributed by atoms with Crippen LogP contribution in [0.3, 0.4) is 0 Å². The van der Waals surface area contributed by atoms with Crippen molar-refractivity contribution in [1.29, 1.82) is 0 Å². The van der Waals surface area contributed by atoms with Gasteiger partial charge < -0.3 is 10.1 Å². The van der Waals surface area contributed by atoms with Crippen LogP contribution in [0, 0.1) is 0 Å². The summed E-state index contributed by atoms with van der Waals surface area (Å²) in [5.74, 6) is -0.212. The molecule has 1 aromatic heterocycles. The van der Waals surface area contributed by atoms with E-state index in [1.165, 1.54) is 19.0 Å². The highest BCUT2D eigenvalue weighted by Crippen LogP contribution is 2.22. The molecule has 2 fully saturated rings. The number of morpholine rings is 1. The number of carbonyl (C=O) groups is 1. The van der Waals surface area contributed by atoms with E-state index in [4.69, 9.17) is 4.74 Å². The number of nitrogens with one attached hydrogen (secondary N) is 2. The predicted octanol–water partition coefficient (Wildman–Crippen LogP) is -0.602. The molecular weight excluding hydrogens is 234 g/mol. The summed E-state index contributed by atoms with van der Waals surface area (Å²) in [5.41, 5.74) is 0.310. The van der Waals surface area contributed by atoms with Crippen molar-refractivity contribution in [2.45, 2.75) is 25.0 Å². The van der Waals surface area contributed by atoms with E-state index >= 15 is 0 Å². The van der Waals surface area contributed by atoms with Gasteiger partial charge in [-0.05, 0) is 19.4 Å². The zero-order valence-corrected chi connectivity index (χ0v) is 10.1. The molecule has 0 saturated carbocycles. The first-order valence-electron chi connectivity index (χ1n) is 6.32. The first-order chi connectivity index (χ1) is 8.83. The number of ether oxygens (including phenoxy) is 1. The lowest BCUT2D eigenvalue weighted by Crippen LogP contribution is -2.50. The van der Waals surface area contributed by atoms with Gasteiger partial charge in [-0.2, -0.15) is 15.4 Å². The maximum atomic E-state index is 11.7. The fourth-order valence-corrected chi connectivity index (χ4v) is 2.62. The second-order valence-electron chi connectivity index (χ2n) is 4.81. The number of hydrogen-bond donors (Lipinski definition) is 2. The Kier molecular flexibility index (Phi) is 3.24. The second-order valence-corrected chi connectivity index (χ2v) is 4.81. The zero-order chi connectivity index (χ0) is 12.4. The van der Waals surface area contributed by atoms with E-state index in [1.807, 2.05) is 0 Å². The van der Waals surface area contributed by atoms with Crippen molar-refractivity contribution in [3.05, 3.63) is 11.9 Å². The van der Waals surface area contributed by atoms with Crippen molar-refractivity contribution in [3.8, 4) is 0 Å². The Morgan fingerprint density at radius 3 is 3.44 bits per heavy atom. The van der Waals surface area contributed by atoms with Crippen molar-refractivity contribution in [2.75, 3.05) is 26.2 Å². The molecular formula is C11H17N5O2. The number of fused-ring (bicyclic) bond motifs is 1. The Bertz CT molecular complexity index is 408. The first-order valence-corrected chi connectivity index (χ1v) is 6.32. The first kappa shape index (κ1) is 11.6. The number of nitrogens with zero attached hydrogens (tertiary/aromatic N) is 3. The van der Waals surface area contributed by atoms with E-state index in [2.05, 4.69) is 25.6 Å². The molecule has 2 aliphatic rings. The molecule has 7 nitrogen and oxygen atoms in total. The van der Waals surface area contributed by atoms with Gasteiger partial charge in [-0.1, -0.05) is 0 Å². The lowest BCUT2D eigenvalue weighted by atomic mass is 10.2. The third kappa shape index (κ3) is 2.37. The standard InChI is InChI=1S/C11H17N5O2/c17-11(10-5-13-15-14-10)12-4-9-6-16-3-1-2-8(16)7-18-9/h5,8-9H,1-4,6-7H2,(H,12,17)(H,13,14,15). The Hall–Kier alpha value is -1.47. The number of amides is 1. The highest BCUT2D eigenvalue weighted by molar-refractivity contribution is 5.91. The second kappa shape index (κ2) is 5.03. The Morgan fingerprint density at radius 2 is 2.61 bits per heavy atom. The maximum Gasteiger partial charge on any atom is 0.273 e. The van der Waals surface area contributed by atoms with Crippen molar-refractivity contribution in [1.82, 2.24) is 25.6 Å². The summed E-state index contributed by atoms with van der Waals surface area (Å²) >= 11 is 0. The maximum absolute atomic E-state index is 11.7. The molecule has 2 unspecified atom stereocenters. The summed E-state index contributed by atoms with van der Waals surface area (Å²) < 4.78 is 5.76. The number of H-pyrrole nitrogens is 1. The fraction of sp³-hybridized carbons (Fsp3) is 0.727. The van der Waals surface area contributed by atoms with Gasteiger partial charge in [-0.3, -0.25) is 9.69 Å².